The summed E-state index contributed by atoms with van der Waals surface area (Å²) in [7, 11) is 1.52. The number of ether oxygens (including phenoxy) is 1. The monoisotopic (exact) mass is 291 g/mol. The molecule has 1 N–H and O–H groups in total. The molecule has 1 heterocycles. The first-order valence-electron chi connectivity index (χ1n) is 5.97. The van der Waals surface area contributed by atoms with E-state index in [2.05, 4.69) is 15.5 Å². The molecule has 0 unspecified atom stereocenters. The Kier molecular flexibility index (Phi) is 4.20. The van der Waals surface area contributed by atoms with Crippen molar-refractivity contribution in [2.75, 3.05) is 12.4 Å². The molecule has 0 saturated heterocycles. The van der Waals surface area contributed by atoms with Crippen LogP contribution in [0.2, 0.25) is 5.02 Å². The van der Waals surface area contributed by atoms with E-state index in [1.54, 1.807) is 31.2 Å². The number of amides is 1. The number of benzene rings is 1. The first-order chi connectivity index (χ1) is 9.51. The Balaban J connectivity index is 2.27. The summed E-state index contributed by atoms with van der Waals surface area (Å²) in [6.07, 6.45) is 0. The van der Waals surface area contributed by atoms with E-state index in [-0.39, 0.29) is 11.6 Å². The lowest BCUT2D eigenvalue weighted by Crippen LogP contribution is -2.15. The molecular weight excluding hydrogens is 278 g/mol. The molecule has 0 aliphatic rings. The van der Waals surface area contributed by atoms with Gasteiger partial charge in [0.15, 0.2) is 5.69 Å². The summed E-state index contributed by atoms with van der Waals surface area (Å²) in [6, 6.07) is 6.76. The lowest BCUT2D eigenvalue weighted by Gasteiger charge is -2.11. The molecule has 0 fully saturated rings. The second-order valence-electron chi connectivity index (χ2n) is 4.32. The van der Waals surface area contributed by atoms with Gasteiger partial charge in [-0.3, -0.25) is 4.79 Å². The highest BCUT2D eigenvalue weighted by Crippen LogP contribution is 2.31. The molecule has 1 amide bonds. The lowest BCUT2D eigenvalue weighted by molar-refractivity contribution is 0.102. The molecule has 0 radical (unpaired) electrons. The van der Waals surface area contributed by atoms with Crippen molar-refractivity contribution in [3.05, 3.63) is 46.2 Å². The number of hydrogen-bond donors (Lipinski definition) is 1. The molecule has 0 saturated carbocycles. The first-order valence-corrected chi connectivity index (χ1v) is 6.35. The Hall–Kier alpha value is -2.14. The van der Waals surface area contributed by atoms with Crippen LogP contribution in [0.4, 0.5) is 5.69 Å². The van der Waals surface area contributed by atoms with Crippen LogP contribution in [0.15, 0.2) is 24.3 Å². The molecule has 0 aliphatic heterocycles. The minimum atomic E-state index is -0.350. The Morgan fingerprint density at radius 2 is 2.00 bits per heavy atom. The van der Waals surface area contributed by atoms with Crippen LogP contribution in [0, 0.1) is 13.8 Å². The molecule has 0 aliphatic carbocycles. The van der Waals surface area contributed by atoms with E-state index in [9.17, 15) is 4.79 Å². The second kappa shape index (κ2) is 5.88. The average Bonchev–Trinajstić information content (AvgIpc) is 2.43. The van der Waals surface area contributed by atoms with Crippen molar-refractivity contribution in [2.24, 2.45) is 0 Å². The van der Waals surface area contributed by atoms with Crippen molar-refractivity contribution in [2.45, 2.75) is 13.8 Å². The second-order valence-corrected chi connectivity index (χ2v) is 4.72. The van der Waals surface area contributed by atoms with Crippen molar-refractivity contribution in [3.8, 4) is 5.75 Å². The van der Waals surface area contributed by atoms with Crippen molar-refractivity contribution >= 4 is 23.2 Å². The molecule has 2 rings (SSSR count). The Labute approximate surface area is 121 Å². The molecule has 20 heavy (non-hydrogen) atoms. The number of nitrogens with zero attached hydrogens (tertiary/aromatic N) is 2. The number of hydrogen-bond acceptors (Lipinski definition) is 4. The highest BCUT2D eigenvalue weighted by atomic mass is 35.5. The van der Waals surface area contributed by atoms with E-state index in [1.807, 2.05) is 6.92 Å². The molecule has 104 valence electrons. The summed E-state index contributed by atoms with van der Waals surface area (Å²) >= 11 is 6.02. The van der Waals surface area contributed by atoms with Gasteiger partial charge in [-0.05, 0) is 37.6 Å². The number of methoxy groups -OCH3 is 1. The maximum atomic E-state index is 12.1. The fourth-order valence-corrected chi connectivity index (χ4v) is 1.79. The highest BCUT2D eigenvalue weighted by molar-refractivity contribution is 6.31. The fourth-order valence-electron chi connectivity index (χ4n) is 1.64. The normalized spacial score (nSPS) is 10.2. The van der Waals surface area contributed by atoms with E-state index in [1.165, 1.54) is 7.11 Å². The Bertz CT molecular complexity index is 642. The van der Waals surface area contributed by atoms with Crippen molar-refractivity contribution < 1.29 is 9.53 Å². The number of aromatic nitrogens is 2. The van der Waals surface area contributed by atoms with Crippen LogP contribution >= 0.6 is 11.6 Å². The van der Waals surface area contributed by atoms with Gasteiger partial charge in [0.2, 0.25) is 0 Å². The summed E-state index contributed by atoms with van der Waals surface area (Å²) < 4.78 is 5.20. The van der Waals surface area contributed by atoms with Crippen molar-refractivity contribution in [3.63, 3.8) is 0 Å². The number of rotatable bonds is 3. The Morgan fingerprint density at radius 3 is 2.60 bits per heavy atom. The van der Waals surface area contributed by atoms with Gasteiger partial charge in [-0.25, -0.2) is 0 Å². The van der Waals surface area contributed by atoms with Crippen LogP contribution in [0.1, 0.15) is 21.7 Å². The van der Waals surface area contributed by atoms with Crippen LogP contribution in [0.3, 0.4) is 0 Å². The van der Waals surface area contributed by atoms with Crippen LogP contribution in [-0.4, -0.2) is 23.2 Å². The minimum absolute atomic E-state index is 0.241. The minimum Gasteiger partial charge on any atom is -0.495 e. The predicted octanol–water partition coefficient (Wildman–Crippen LogP) is 3.01. The van der Waals surface area contributed by atoms with Crippen molar-refractivity contribution in [1.82, 2.24) is 10.2 Å². The fraction of sp³-hybridized carbons (Fsp3) is 0.214. The average molecular weight is 292 g/mol. The summed E-state index contributed by atoms with van der Waals surface area (Å²) in [4.78, 5) is 12.1. The molecule has 1 aromatic heterocycles. The van der Waals surface area contributed by atoms with E-state index < -0.39 is 0 Å². The highest BCUT2D eigenvalue weighted by Gasteiger charge is 2.13. The summed E-state index contributed by atoms with van der Waals surface area (Å²) in [5, 5.41) is 11.0. The van der Waals surface area contributed by atoms with Gasteiger partial charge in [0.05, 0.1) is 18.5 Å². The third-order valence-corrected chi connectivity index (χ3v) is 3.17. The van der Waals surface area contributed by atoms with Gasteiger partial charge in [0.25, 0.3) is 5.91 Å². The zero-order chi connectivity index (χ0) is 14.7. The summed E-state index contributed by atoms with van der Waals surface area (Å²) in [6.45, 7) is 3.66. The van der Waals surface area contributed by atoms with Gasteiger partial charge >= 0.3 is 0 Å². The number of halogens is 1. The number of aryl methyl sites for hydroxylation is 2. The third kappa shape index (κ3) is 3.05. The molecule has 0 atom stereocenters. The molecule has 0 bridgehead atoms. The Morgan fingerprint density at radius 1 is 1.25 bits per heavy atom. The number of nitrogens with one attached hydrogen (secondary N) is 1. The topological polar surface area (TPSA) is 64.1 Å². The number of carbonyl (C=O) groups excluding carboxylic acids is 1. The van der Waals surface area contributed by atoms with Gasteiger partial charge in [0, 0.05) is 11.1 Å². The number of anilines is 1. The van der Waals surface area contributed by atoms with Crippen molar-refractivity contribution in [1.29, 1.82) is 0 Å². The molecular formula is C14H14ClN3O2. The first kappa shape index (κ1) is 14.3. The van der Waals surface area contributed by atoms with Gasteiger partial charge in [-0.15, -0.1) is 5.10 Å². The quantitative estimate of drug-likeness (QED) is 0.944. The molecule has 5 nitrogen and oxygen atoms in total. The van der Waals surface area contributed by atoms with Crippen LogP contribution < -0.4 is 10.1 Å². The van der Waals surface area contributed by atoms with Gasteiger partial charge in [0.1, 0.15) is 5.75 Å². The zero-order valence-electron chi connectivity index (χ0n) is 11.4. The molecule has 1 aromatic carbocycles. The summed E-state index contributed by atoms with van der Waals surface area (Å²) in [5.41, 5.74) is 2.38. The van der Waals surface area contributed by atoms with E-state index in [4.69, 9.17) is 16.3 Å². The zero-order valence-corrected chi connectivity index (χ0v) is 12.2. The number of carbonyl (C=O) groups is 1. The molecule has 2 aromatic rings. The largest absolute Gasteiger partial charge is 0.495 e. The SMILES string of the molecule is COc1cc(Cl)c(C)cc1NC(=O)c1ccc(C)nn1. The maximum Gasteiger partial charge on any atom is 0.276 e. The molecule has 0 spiro atoms. The van der Waals surface area contributed by atoms with E-state index in [0.717, 1.165) is 11.3 Å². The van der Waals surface area contributed by atoms with Gasteiger partial charge in [-0.1, -0.05) is 11.6 Å². The lowest BCUT2D eigenvalue weighted by atomic mass is 10.2. The van der Waals surface area contributed by atoms with E-state index in [0.29, 0.717) is 16.5 Å². The third-order valence-electron chi connectivity index (χ3n) is 2.76. The smallest absolute Gasteiger partial charge is 0.276 e. The standard InChI is InChI=1S/C14H14ClN3O2/c1-8-6-12(13(20-3)7-10(8)15)16-14(19)11-5-4-9(2)17-18-11/h4-7H,1-3H3,(H,16,19). The predicted molar refractivity (Wildman–Crippen MR) is 77.5 cm³/mol. The van der Waals surface area contributed by atoms with Crippen LogP contribution in [-0.2, 0) is 0 Å². The maximum absolute atomic E-state index is 12.1. The van der Waals surface area contributed by atoms with E-state index >= 15 is 0 Å². The van der Waals surface area contributed by atoms with Gasteiger partial charge < -0.3 is 10.1 Å². The molecule has 6 heteroatoms. The summed E-state index contributed by atoms with van der Waals surface area (Å²) in [5.74, 6) is 0.145. The van der Waals surface area contributed by atoms with Crippen LogP contribution in [0.25, 0.3) is 0 Å². The van der Waals surface area contributed by atoms with Crippen LogP contribution in [0.5, 0.6) is 5.75 Å². The van der Waals surface area contributed by atoms with Gasteiger partial charge in [-0.2, -0.15) is 5.10 Å².